The molecule has 1 heterocycles. The Labute approximate surface area is 125 Å². The Bertz CT molecular complexity index is 618. The average molecular weight is 312 g/mol. The molecule has 0 aromatic heterocycles. The molecule has 1 aliphatic rings. The average Bonchev–Trinajstić information content (AvgIpc) is 2.63. The van der Waals surface area contributed by atoms with Gasteiger partial charge >= 0.3 is 12.6 Å². The van der Waals surface area contributed by atoms with Crippen LogP contribution in [-0.2, 0) is 15.1 Å². The van der Waals surface area contributed by atoms with E-state index in [0.717, 1.165) is 4.90 Å². The fourth-order valence-electron chi connectivity index (χ4n) is 2.23. The molecule has 6 nitrogen and oxygen atoms in total. The Morgan fingerprint density at radius 3 is 2.41 bits per heavy atom. The van der Waals surface area contributed by atoms with E-state index >= 15 is 0 Å². The smallest absolute Gasteiger partial charge is 0.387 e. The Balaban J connectivity index is 2.25. The van der Waals surface area contributed by atoms with Gasteiger partial charge in [0.25, 0.3) is 5.91 Å². The van der Waals surface area contributed by atoms with E-state index in [-0.39, 0.29) is 18.1 Å². The topological polar surface area (TPSA) is 75.7 Å². The summed E-state index contributed by atoms with van der Waals surface area (Å²) in [5, 5.41) is 2.51. The van der Waals surface area contributed by atoms with Gasteiger partial charge in [-0.3, -0.25) is 14.5 Å². The summed E-state index contributed by atoms with van der Waals surface area (Å²) in [7, 11) is 0. The van der Waals surface area contributed by atoms with Crippen LogP contribution in [-0.4, -0.2) is 35.8 Å². The van der Waals surface area contributed by atoms with Gasteiger partial charge in [0.15, 0.2) is 0 Å². The molecule has 0 spiro atoms. The van der Waals surface area contributed by atoms with E-state index < -0.39 is 24.1 Å². The van der Waals surface area contributed by atoms with Crippen LogP contribution in [0.15, 0.2) is 24.3 Å². The number of carbonyl (C=O) groups excluding carboxylic acids is 3. The molecule has 22 heavy (non-hydrogen) atoms. The Kier molecular flexibility index (Phi) is 4.11. The highest BCUT2D eigenvalue weighted by Gasteiger charge is 2.49. The summed E-state index contributed by atoms with van der Waals surface area (Å²) in [6.45, 7) is -0.504. The molecule has 1 aromatic carbocycles. The van der Waals surface area contributed by atoms with Crippen LogP contribution in [0, 0.1) is 0 Å². The second kappa shape index (κ2) is 5.70. The first-order valence-electron chi connectivity index (χ1n) is 6.43. The lowest BCUT2D eigenvalue weighted by Gasteiger charge is -2.22. The molecular weight excluding hydrogens is 298 g/mol. The zero-order chi connectivity index (χ0) is 16.5. The van der Waals surface area contributed by atoms with Crippen LogP contribution in [0.2, 0.25) is 0 Å². The number of rotatable bonds is 5. The highest BCUT2D eigenvalue weighted by atomic mass is 19.3. The molecule has 0 saturated carbocycles. The molecule has 118 valence electrons. The fraction of sp³-hybridized carbons (Fsp3) is 0.357. The third-order valence-electron chi connectivity index (χ3n) is 3.31. The van der Waals surface area contributed by atoms with Crippen LogP contribution >= 0.6 is 0 Å². The molecule has 0 bridgehead atoms. The lowest BCUT2D eigenvalue weighted by atomic mass is 9.92. The summed E-state index contributed by atoms with van der Waals surface area (Å²) in [5.74, 6) is -0.955. The van der Waals surface area contributed by atoms with Crippen molar-refractivity contribution in [1.29, 1.82) is 0 Å². The summed E-state index contributed by atoms with van der Waals surface area (Å²) >= 11 is 0. The van der Waals surface area contributed by atoms with E-state index in [4.69, 9.17) is 0 Å². The molecule has 1 fully saturated rings. The van der Waals surface area contributed by atoms with Crippen LogP contribution in [0.4, 0.5) is 13.6 Å². The number of hydrogen-bond donors (Lipinski definition) is 1. The number of amides is 3. The van der Waals surface area contributed by atoms with Crippen molar-refractivity contribution in [2.24, 2.45) is 0 Å². The number of ketones is 1. The summed E-state index contributed by atoms with van der Waals surface area (Å²) in [6, 6.07) is 4.70. The number of hydrogen-bond acceptors (Lipinski definition) is 4. The van der Waals surface area contributed by atoms with Gasteiger partial charge in [-0.05, 0) is 31.5 Å². The molecule has 0 radical (unpaired) electrons. The van der Waals surface area contributed by atoms with Crippen LogP contribution < -0.4 is 10.1 Å². The molecular formula is C14H14F2N2O4. The monoisotopic (exact) mass is 312 g/mol. The van der Waals surface area contributed by atoms with Crippen LogP contribution in [0.25, 0.3) is 0 Å². The first-order chi connectivity index (χ1) is 10.2. The van der Waals surface area contributed by atoms with Gasteiger partial charge in [0.1, 0.15) is 17.1 Å². The SMILES string of the molecule is CC(=O)CN1C(=O)NC(C)(c2ccc(OC(F)F)cc2)C1=O. The maximum Gasteiger partial charge on any atom is 0.387 e. The van der Waals surface area contributed by atoms with Crippen LogP contribution in [0.5, 0.6) is 5.75 Å². The van der Waals surface area contributed by atoms with E-state index in [1.807, 2.05) is 0 Å². The maximum absolute atomic E-state index is 12.4. The predicted molar refractivity (Wildman–Crippen MR) is 71.4 cm³/mol. The third-order valence-corrected chi connectivity index (χ3v) is 3.31. The van der Waals surface area contributed by atoms with E-state index in [0.29, 0.717) is 5.56 Å². The van der Waals surface area contributed by atoms with Gasteiger partial charge < -0.3 is 10.1 Å². The molecule has 0 aliphatic carbocycles. The number of alkyl halides is 2. The number of benzene rings is 1. The largest absolute Gasteiger partial charge is 0.435 e. The molecule has 3 amide bonds. The van der Waals surface area contributed by atoms with E-state index in [1.165, 1.54) is 38.1 Å². The molecule has 8 heteroatoms. The number of nitrogens with one attached hydrogen (secondary N) is 1. The number of ether oxygens (including phenoxy) is 1. The van der Waals surface area contributed by atoms with Gasteiger partial charge in [0, 0.05) is 0 Å². The Morgan fingerprint density at radius 2 is 1.91 bits per heavy atom. The number of carbonyl (C=O) groups is 3. The summed E-state index contributed by atoms with van der Waals surface area (Å²) in [6.07, 6.45) is 0. The number of imide groups is 1. The molecule has 1 aromatic rings. The lowest BCUT2D eigenvalue weighted by Crippen LogP contribution is -2.41. The van der Waals surface area contributed by atoms with Crippen molar-refractivity contribution in [3.8, 4) is 5.75 Å². The lowest BCUT2D eigenvalue weighted by molar-refractivity contribution is -0.133. The van der Waals surface area contributed by atoms with E-state index in [1.54, 1.807) is 0 Å². The zero-order valence-electron chi connectivity index (χ0n) is 11.9. The van der Waals surface area contributed by atoms with Gasteiger partial charge in [-0.25, -0.2) is 4.79 Å². The third kappa shape index (κ3) is 2.90. The first-order valence-corrected chi connectivity index (χ1v) is 6.43. The second-order valence-electron chi connectivity index (χ2n) is 5.05. The van der Waals surface area contributed by atoms with Gasteiger partial charge in [0.05, 0.1) is 6.54 Å². The first kappa shape index (κ1) is 15.9. The van der Waals surface area contributed by atoms with Crippen molar-refractivity contribution >= 4 is 17.7 Å². The van der Waals surface area contributed by atoms with Crippen molar-refractivity contribution in [3.05, 3.63) is 29.8 Å². The van der Waals surface area contributed by atoms with E-state index in [9.17, 15) is 23.2 Å². The summed E-state index contributed by atoms with van der Waals surface area (Å²) in [4.78, 5) is 36.2. The predicted octanol–water partition coefficient (Wildman–Crippen LogP) is 1.64. The fourth-order valence-corrected chi connectivity index (χ4v) is 2.23. The molecule has 1 atom stereocenters. The molecule has 1 aliphatic heterocycles. The molecule has 1 saturated heterocycles. The highest BCUT2D eigenvalue weighted by molar-refractivity contribution is 6.09. The normalized spacial score (nSPS) is 21.2. The number of urea groups is 1. The Hall–Kier alpha value is -2.51. The molecule has 1 unspecified atom stereocenters. The molecule has 1 N–H and O–H groups in total. The minimum absolute atomic E-state index is 0.0558. The number of halogens is 2. The van der Waals surface area contributed by atoms with Gasteiger partial charge in [-0.1, -0.05) is 12.1 Å². The van der Waals surface area contributed by atoms with Crippen molar-refractivity contribution in [1.82, 2.24) is 10.2 Å². The van der Waals surface area contributed by atoms with E-state index in [2.05, 4.69) is 10.1 Å². The minimum Gasteiger partial charge on any atom is -0.435 e. The van der Waals surface area contributed by atoms with Crippen molar-refractivity contribution < 1.29 is 27.9 Å². The quantitative estimate of drug-likeness (QED) is 0.839. The molecule has 2 rings (SSSR count). The summed E-state index contributed by atoms with van der Waals surface area (Å²) in [5.41, 5.74) is -0.950. The van der Waals surface area contributed by atoms with Crippen LogP contribution in [0.1, 0.15) is 19.4 Å². The Morgan fingerprint density at radius 1 is 1.32 bits per heavy atom. The van der Waals surface area contributed by atoms with Crippen molar-refractivity contribution in [2.45, 2.75) is 26.0 Å². The number of Topliss-reactive ketones (excluding diaryl/α,β-unsaturated/α-hetero) is 1. The van der Waals surface area contributed by atoms with Crippen molar-refractivity contribution in [2.75, 3.05) is 6.54 Å². The maximum atomic E-state index is 12.4. The number of nitrogens with zero attached hydrogens (tertiary/aromatic N) is 1. The van der Waals surface area contributed by atoms with Crippen molar-refractivity contribution in [3.63, 3.8) is 0 Å². The van der Waals surface area contributed by atoms with Gasteiger partial charge in [-0.2, -0.15) is 8.78 Å². The second-order valence-corrected chi connectivity index (χ2v) is 5.05. The summed E-state index contributed by atoms with van der Waals surface area (Å²) < 4.78 is 28.4. The standard InChI is InChI=1S/C14H14F2N2O4/c1-8(19)7-18-11(20)14(2,17-13(18)21)9-3-5-10(6-4-9)22-12(15)16/h3-6,12H,7H2,1-2H3,(H,17,21). The minimum atomic E-state index is -2.94. The van der Waals surface area contributed by atoms with Crippen LogP contribution in [0.3, 0.4) is 0 Å². The highest BCUT2D eigenvalue weighted by Crippen LogP contribution is 2.30. The zero-order valence-corrected chi connectivity index (χ0v) is 11.9. The van der Waals surface area contributed by atoms with Gasteiger partial charge in [0.2, 0.25) is 0 Å². The van der Waals surface area contributed by atoms with Gasteiger partial charge in [-0.15, -0.1) is 0 Å².